The minimum Gasteiger partial charge on any atom is -0.505 e. The maximum atomic E-state index is 12.7. The van der Waals surface area contributed by atoms with Gasteiger partial charge in [0.1, 0.15) is 27.4 Å². The second-order valence-electron chi connectivity index (χ2n) is 12.2. The summed E-state index contributed by atoms with van der Waals surface area (Å²) in [7, 11) is -8.27. The number of hydrogen-bond donors (Lipinski definition) is 9. The van der Waals surface area contributed by atoms with Crippen LogP contribution in [0.1, 0.15) is 21.5 Å². The van der Waals surface area contributed by atoms with E-state index in [9.17, 15) is 37.2 Å². The van der Waals surface area contributed by atoms with Crippen molar-refractivity contribution < 1.29 is 37.2 Å². The summed E-state index contributed by atoms with van der Waals surface area (Å²) < 4.78 is 59.2. The molecule has 0 aliphatic rings. The van der Waals surface area contributed by atoms with Gasteiger partial charge in [-0.05, 0) is 133 Å². The first-order valence-corrected chi connectivity index (χ1v) is 19.1. The normalized spacial score (nSPS) is 12.9. The number of carbonyl (C=O) groups is 1. The molecule has 0 aliphatic carbocycles. The molecule has 10 N–H and O–H groups in total. The maximum absolute atomic E-state index is 12.7. The summed E-state index contributed by atoms with van der Waals surface area (Å²) in [5, 5.41) is 39.7. The number of azo groups is 3. The summed E-state index contributed by atoms with van der Waals surface area (Å²) >= 11 is 0. The van der Waals surface area contributed by atoms with Gasteiger partial charge < -0.3 is 43.5 Å². The molecule has 282 valence electrons. The number of amides is 1. The fourth-order valence-corrected chi connectivity index (χ4v) is 6.43. The first-order chi connectivity index (χ1) is 26.0. The first-order valence-electron chi connectivity index (χ1n) is 16.1. The highest BCUT2D eigenvalue weighted by Crippen LogP contribution is 2.54. The molecule has 0 bridgehead atoms. The van der Waals surface area contributed by atoms with Gasteiger partial charge in [-0.2, -0.15) is 25.6 Å². The van der Waals surface area contributed by atoms with Crippen LogP contribution in [0.3, 0.4) is 0 Å². The molecule has 0 fully saturated rings. The quantitative estimate of drug-likeness (QED) is 0.0471. The minimum absolute atomic E-state index is 0.0716. The van der Waals surface area contributed by atoms with Crippen molar-refractivity contribution in [1.82, 2.24) is 0 Å². The lowest BCUT2D eigenvalue weighted by molar-refractivity contribution is 0.102. The van der Waals surface area contributed by atoms with E-state index in [1.165, 1.54) is 36.4 Å². The number of anilines is 2. The lowest BCUT2D eigenvalue weighted by Crippen LogP contribution is -2.11. The highest BCUT2D eigenvalue weighted by molar-refractivity contribution is 8.19. The Morgan fingerprint density at radius 1 is 0.618 bits per heavy atom. The first kappa shape index (κ1) is 38.6. The molecule has 0 spiro atoms. The number of nitrogen functional groups attached to an aromatic ring is 1. The van der Waals surface area contributed by atoms with Gasteiger partial charge in [0.15, 0.2) is 5.75 Å². The van der Waals surface area contributed by atoms with Crippen molar-refractivity contribution in [1.29, 1.82) is 0 Å². The number of benzene rings is 6. The van der Waals surface area contributed by atoms with Crippen molar-refractivity contribution in [2.24, 2.45) is 30.7 Å². The molecule has 16 nitrogen and oxygen atoms in total. The van der Waals surface area contributed by atoms with Crippen molar-refractivity contribution in [2.75, 3.05) is 11.1 Å². The molecule has 0 heterocycles. The van der Waals surface area contributed by atoms with E-state index < -0.39 is 38.3 Å². The number of carbonyl (C=O) groups excluding carboxylic acids is 1. The van der Waals surface area contributed by atoms with Crippen LogP contribution < -0.4 is 11.1 Å². The number of hydrogen-bond acceptors (Lipinski definition) is 15. The summed E-state index contributed by atoms with van der Waals surface area (Å²) in [5.74, 6) is -0.881. The van der Waals surface area contributed by atoms with Crippen LogP contribution in [-0.2, 0) is 0 Å². The third-order valence-electron chi connectivity index (χ3n) is 8.09. The van der Waals surface area contributed by atoms with Crippen LogP contribution in [0.2, 0.25) is 0 Å². The topological polar surface area (TPSA) is 271 Å². The van der Waals surface area contributed by atoms with E-state index in [-0.39, 0.29) is 21.4 Å². The van der Waals surface area contributed by atoms with Crippen LogP contribution in [0.25, 0.3) is 10.8 Å². The number of nitrogens with one attached hydrogen (secondary N) is 1. The zero-order chi connectivity index (χ0) is 39.5. The smallest absolute Gasteiger partial charge is 0.255 e. The third-order valence-corrected chi connectivity index (χ3v) is 9.87. The van der Waals surface area contributed by atoms with Gasteiger partial charge in [-0.3, -0.25) is 4.79 Å². The van der Waals surface area contributed by atoms with Crippen LogP contribution in [0.5, 0.6) is 5.75 Å². The average Bonchev–Trinajstić information content (AvgIpc) is 3.14. The van der Waals surface area contributed by atoms with E-state index in [1.807, 2.05) is 0 Å². The van der Waals surface area contributed by atoms with Crippen LogP contribution >= 0.6 is 21.7 Å². The van der Waals surface area contributed by atoms with Gasteiger partial charge in [0.2, 0.25) is 0 Å². The number of nitrogens with two attached hydrogens (primary N) is 1. The minimum atomic E-state index is -4.39. The Morgan fingerprint density at radius 3 is 1.80 bits per heavy atom. The van der Waals surface area contributed by atoms with Gasteiger partial charge in [-0.15, -0.1) is 5.11 Å². The molecule has 18 heteroatoms. The molecule has 6 rings (SSSR count). The predicted molar refractivity (Wildman–Crippen MR) is 213 cm³/mol. The third kappa shape index (κ3) is 9.35. The van der Waals surface area contributed by atoms with E-state index in [1.54, 1.807) is 86.6 Å². The molecule has 1 amide bonds. The molecule has 55 heavy (non-hydrogen) atoms. The number of aromatic hydroxyl groups is 1. The van der Waals surface area contributed by atoms with Crippen molar-refractivity contribution in [3.05, 3.63) is 126 Å². The Labute approximate surface area is 317 Å². The Kier molecular flexibility index (Phi) is 11.0. The van der Waals surface area contributed by atoms with Gasteiger partial charge in [-0.25, -0.2) is 0 Å². The summed E-state index contributed by atoms with van der Waals surface area (Å²) in [6.07, 6.45) is 0. The Bertz CT molecular complexity index is 2500. The lowest BCUT2D eigenvalue weighted by atomic mass is 10.1. The Hall–Kier alpha value is -6.09. The fraction of sp³-hybridized carbons (Fsp3) is 0.0541. The fourth-order valence-electron chi connectivity index (χ4n) is 5.21. The average molecular weight is 783 g/mol. The number of fused-ring (bicyclic) bond motifs is 1. The van der Waals surface area contributed by atoms with Gasteiger partial charge in [0, 0.05) is 22.3 Å². The zero-order valence-electron chi connectivity index (χ0n) is 29.0. The molecule has 0 radical (unpaired) electrons. The van der Waals surface area contributed by atoms with E-state index >= 15 is 0 Å². The van der Waals surface area contributed by atoms with Crippen molar-refractivity contribution in [2.45, 2.75) is 23.6 Å². The molecule has 0 unspecified atom stereocenters. The van der Waals surface area contributed by atoms with Crippen molar-refractivity contribution in [3.8, 4) is 5.75 Å². The molecular weight excluding hydrogens is 749 g/mol. The van der Waals surface area contributed by atoms with E-state index in [0.29, 0.717) is 56.5 Å². The lowest BCUT2D eigenvalue weighted by Gasteiger charge is -2.22. The highest BCUT2D eigenvalue weighted by atomic mass is 32.3. The van der Waals surface area contributed by atoms with Crippen LogP contribution in [0.15, 0.2) is 150 Å². The molecule has 0 aliphatic heterocycles. The van der Waals surface area contributed by atoms with Crippen LogP contribution in [0.4, 0.5) is 45.5 Å². The standard InChI is InChI=1S/C37H34N8O8S2/c1-21-17-33(22(2)16-32(21)43-41-27-12-10-26(11-13-27)40-42-29-4-3-5-30(20-29)54(48,49)50)44-45-35-34(55(51,52)53)19-24-18-28(14-15-31(24)36(35)46)39-37(47)23-6-8-25(38)9-7-23/h3-20,46,48-53H,38H2,1-2H3,(H,39,47). The van der Waals surface area contributed by atoms with Gasteiger partial charge in [-0.1, -0.05) is 6.07 Å². The summed E-state index contributed by atoms with van der Waals surface area (Å²) in [5.41, 5.74) is 10.1. The van der Waals surface area contributed by atoms with Crippen LogP contribution in [0, 0.1) is 13.8 Å². The molecule has 0 aromatic heterocycles. The summed E-state index contributed by atoms with van der Waals surface area (Å²) in [6.45, 7) is 3.54. The summed E-state index contributed by atoms with van der Waals surface area (Å²) in [4.78, 5) is 12.2. The monoisotopic (exact) mass is 782 g/mol. The molecule has 0 atom stereocenters. The number of phenols is 1. The number of nitrogens with zero attached hydrogens (tertiary/aromatic N) is 6. The van der Waals surface area contributed by atoms with E-state index in [0.717, 1.165) is 0 Å². The Balaban J connectivity index is 1.19. The predicted octanol–water partition coefficient (Wildman–Crippen LogP) is 12.4. The van der Waals surface area contributed by atoms with Crippen molar-refractivity contribution >= 4 is 83.9 Å². The van der Waals surface area contributed by atoms with Crippen LogP contribution in [-0.4, -0.2) is 38.3 Å². The second-order valence-corrected chi connectivity index (χ2v) is 15.1. The van der Waals surface area contributed by atoms with Gasteiger partial charge >= 0.3 is 0 Å². The van der Waals surface area contributed by atoms with E-state index in [4.69, 9.17) is 5.73 Å². The number of rotatable bonds is 10. The molecule has 0 saturated heterocycles. The SMILES string of the molecule is Cc1cc(N=Nc2c(S(O)(O)O)cc3cc(NC(=O)c4ccc(N)cc4)ccc3c2O)c(C)cc1N=Nc1ccc(N=Nc2cccc(S(O)(O)O)c2)cc1. The maximum Gasteiger partial charge on any atom is 0.255 e. The second kappa shape index (κ2) is 15.7. The molecule has 0 saturated carbocycles. The molecular formula is C37H34N8O8S2. The van der Waals surface area contributed by atoms with Gasteiger partial charge in [0.25, 0.3) is 5.91 Å². The van der Waals surface area contributed by atoms with Gasteiger partial charge in [0.05, 0.1) is 38.2 Å². The number of aryl methyl sites for hydroxylation is 2. The van der Waals surface area contributed by atoms with E-state index in [2.05, 4.69) is 36.0 Å². The largest absolute Gasteiger partial charge is 0.505 e. The number of phenolic OH excluding ortho intramolecular Hbond substituents is 1. The summed E-state index contributed by atoms with van der Waals surface area (Å²) in [6, 6.07) is 28.1. The molecule has 6 aromatic rings. The van der Waals surface area contributed by atoms with Crippen molar-refractivity contribution in [3.63, 3.8) is 0 Å². The zero-order valence-corrected chi connectivity index (χ0v) is 30.6. The molecule has 6 aromatic carbocycles. The highest BCUT2D eigenvalue weighted by Gasteiger charge is 2.26. The Morgan fingerprint density at radius 2 is 1.20 bits per heavy atom.